The predicted octanol–water partition coefficient (Wildman–Crippen LogP) is 11.6. The van der Waals surface area contributed by atoms with Crippen LogP contribution < -0.4 is 4.89 Å². The molecule has 2 atom stereocenters. The van der Waals surface area contributed by atoms with Gasteiger partial charge in [-0.25, -0.2) is 0 Å². The van der Waals surface area contributed by atoms with E-state index in [0.717, 1.165) is 38.5 Å². The molecule has 0 bridgehead atoms. The normalized spacial score (nSPS) is 16.2. The van der Waals surface area contributed by atoms with Crippen molar-refractivity contribution in [3.63, 3.8) is 0 Å². The fourth-order valence-electron chi connectivity index (χ4n) is 5.01. The zero-order valence-electron chi connectivity index (χ0n) is 33.6. The van der Waals surface area contributed by atoms with Crippen LogP contribution in [0.15, 0.2) is 12.2 Å². The first-order chi connectivity index (χ1) is 27.1. The topological polar surface area (TPSA) is 77.1 Å². The molecule has 0 N–H and O–H groups in total. The number of rotatable bonds is 34. The molecule has 0 heterocycles. The lowest BCUT2D eigenvalue weighted by Crippen LogP contribution is -2.74. The highest BCUT2D eigenvalue weighted by molar-refractivity contribution is 7.45. The van der Waals surface area contributed by atoms with Gasteiger partial charge in [0.1, 0.15) is 19.3 Å². The molecule has 0 aromatic carbocycles. The minimum Gasteiger partial charge on any atom is -0.756 e. The second kappa shape index (κ2) is 24.0. The van der Waals surface area contributed by atoms with Crippen LogP contribution >= 0.6 is 7.82 Å². The first kappa shape index (κ1) is 58.5. The third-order valence-corrected chi connectivity index (χ3v) is 9.78. The predicted molar refractivity (Wildman–Crippen MR) is 183 cm³/mol. The number of nitrogens with zero attached hydrogens (tertiary/aromatic N) is 1. The summed E-state index contributed by atoms with van der Waals surface area (Å²) >= 11 is 0. The van der Waals surface area contributed by atoms with Crippen molar-refractivity contribution >= 4 is 7.82 Å². The van der Waals surface area contributed by atoms with E-state index in [2.05, 4.69) is 6.92 Å². The third-order valence-electron chi connectivity index (χ3n) is 8.82. The van der Waals surface area contributed by atoms with Gasteiger partial charge in [-0.15, -0.1) is 0 Å². The van der Waals surface area contributed by atoms with Gasteiger partial charge in [0.15, 0.2) is 0 Å². The summed E-state index contributed by atoms with van der Waals surface area (Å²) in [6.07, 6.45) is 1.03. The van der Waals surface area contributed by atoms with Gasteiger partial charge >= 0.3 is 47.6 Å². The number of hydrogen-bond acceptors (Lipinski definition) is 6. The van der Waals surface area contributed by atoms with E-state index in [0.29, 0.717) is 10.9 Å². The van der Waals surface area contributed by atoms with Crippen molar-refractivity contribution in [2.75, 3.05) is 60.7 Å². The van der Waals surface area contributed by atoms with Crippen LogP contribution in [0, 0.1) is 0 Å². The lowest BCUT2D eigenvalue weighted by atomic mass is 9.89. The molecule has 0 aliphatic carbocycles. The standard InChI is InChI=1S/C35H55F17NO6P/c1-5-6-7-8-9-10-11-12-13-14-15-19-23-57-27(26-59-60(54,55)58-24-21-53(2,3)4)25-56-22-18-16-17-20-28(36,37)29(38,39)30(40,41)31(42,43)32(44,45)33(46,47)34(48,49)35(50,51)52/h17,20,27H,5-16,18-19,21-26H2,1-4H3/b20-17+/t27-/m1/s1. The molecule has 25 heteroatoms. The monoisotopic (exact) mass is 939 g/mol. The van der Waals surface area contributed by atoms with Crippen LogP contribution in [0.25, 0.3) is 0 Å². The van der Waals surface area contributed by atoms with Crippen molar-refractivity contribution in [1.82, 2.24) is 0 Å². The Balaban J connectivity index is 5.39. The average molecular weight is 940 g/mol. The van der Waals surface area contributed by atoms with Crippen LogP contribution in [-0.4, -0.2) is 119 Å². The first-order valence-corrected chi connectivity index (χ1v) is 20.5. The fourth-order valence-corrected chi connectivity index (χ4v) is 5.73. The molecular formula is C35H55F17NO6P. The average Bonchev–Trinajstić information content (AvgIpc) is 3.10. The Morgan fingerprint density at radius 1 is 0.550 bits per heavy atom. The zero-order chi connectivity index (χ0) is 47.0. The lowest BCUT2D eigenvalue weighted by molar-refractivity contribution is -0.870. The number of unbranched alkanes of at least 4 members (excludes halogenated alkanes) is 12. The van der Waals surface area contributed by atoms with Gasteiger partial charge in [0.25, 0.3) is 7.82 Å². The number of phosphoric ester groups is 1. The SMILES string of the molecule is CCCCCCCCCCCCCCO[C@H](COCCC/C=C/C(F)(F)C(F)(F)C(F)(F)C(F)(F)C(F)(F)C(F)(F)C(F)(F)C(F)(F)F)COP(=O)([O-])OCC[N+](C)(C)C. The number of allylic oxidation sites excluding steroid dienone is 2. The second-order valence-corrected chi connectivity index (χ2v) is 16.6. The van der Waals surface area contributed by atoms with Crippen molar-refractivity contribution in [3.05, 3.63) is 12.2 Å². The van der Waals surface area contributed by atoms with Crippen molar-refractivity contribution < 1.29 is 107 Å². The second-order valence-electron chi connectivity index (χ2n) is 15.2. The molecule has 60 heavy (non-hydrogen) atoms. The fraction of sp³-hybridized carbons (Fsp3) is 0.943. The van der Waals surface area contributed by atoms with Crippen molar-refractivity contribution in [2.24, 2.45) is 0 Å². The van der Waals surface area contributed by atoms with Gasteiger partial charge in [0, 0.05) is 13.2 Å². The smallest absolute Gasteiger partial charge is 0.460 e. The van der Waals surface area contributed by atoms with E-state index in [1.54, 1.807) is 21.1 Å². The maximum absolute atomic E-state index is 14.1. The van der Waals surface area contributed by atoms with Gasteiger partial charge in [-0.05, 0) is 25.3 Å². The van der Waals surface area contributed by atoms with Crippen LogP contribution in [-0.2, 0) is 23.1 Å². The van der Waals surface area contributed by atoms with Crippen molar-refractivity contribution in [2.45, 2.75) is 151 Å². The molecule has 0 amide bonds. The van der Waals surface area contributed by atoms with Crippen LogP contribution in [0.2, 0.25) is 0 Å². The van der Waals surface area contributed by atoms with E-state index < -0.39 is 100 Å². The minimum atomic E-state index is -8.69. The Kier molecular flexibility index (Phi) is 23.4. The van der Waals surface area contributed by atoms with Gasteiger partial charge in [0.2, 0.25) is 0 Å². The summed E-state index contributed by atoms with van der Waals surface area (Å²) in [4.78, 5) is 12.2. The largest absolute Gasteiger partial charge is 0.756 e. The Labute approximate surface area is 338 Å². The third kappa shape index (κ3) is 16.9. The molecule has 0 saturated carbocycles. The van der Waals surface area contributed by atoms with Crippen molar-refractivity contribution in [1.29, 1.82) is 0 Å². The Bertz CT molecular complexity index is 1300. The first-order valence-electron chi connectivity index (χ1n) is 19.1. The summed E-state index contributed by atoms with van der Waals surface area (Å²) in [5.41, 5.74) is 0. The molecule has 0 rings (SSSR count). The van der Waals surface area contributed by atoms with E-state index in [1.807, 2.05) is 0 Å². The molecule has 0 fully saturated rings. The van der Waals surface area contributed by atoms with Gasteiger partial charge in [-0.2, -0.15) is 74.6 Å². The van der Waals surface area contributed by atoms with E-state index in [9.17, 15) is 84.1 Å². The maximum atomic E-state index is 14.1. The Morgan fingerprint density at radius 3 is 1.43 bits per heavy atom. The summed E-state index contributed by atoms with van der Waals surface area (Å²) in [5.74, 6) is -56.9. The molecule has 0 saturated heterocycles. The van der Waals surface area contributed by atoms with Gasteiger partial charge in [-0.3, -0.25) is 4.57 Å². The molecule has 0 aliphatic rings. The van der Waals surface area contributed by atoms with Crippen LogP contribution in [0.3, 0.4) is 0 Å². The minimum absolute atomic E-state index is 0.0813. The number of quaternary nitrogens is 1. The Morgan fingerprint density at radius 2 is 0.983 bits per heavy atom. The molecule has 360 valence electrons. The van der Waals surface area contributed by atoms with Gasteiger partial charge in [-0.1, -0.05) is 83.6 Å². The van der Waals surface area contributed by atoms with Crippen LogP contribution in [0.5, 0.6) is 0 Å². The maximum Gasteiger partial charge on any atom is 0.460 e. The number of phosphoric acid groups is 1. The lowest BCUT2D eigenvalue weighted by Gasteiger charge is -2.42. The molecule has 7 nitrogen and oxygen atoms in total. The number of halogens is 17. The molecule has 0 spiro atoms. The molecular weight excluding hydrogens is 884 g/mol. The number of ether oxygens (including phenoxy) is 2. The summed E-state index contributed by atoms with van der Waals surface area (Å²) < 4.78 is 262. The molecule has 0 aromatic heterocycles. The Hall–Kier alpha value is -1.46. The highest BCUT2D eigenvalue weighted by Gasteiger charge is 2.95. The quantitative estimate of drug-likeness (QED) is 0.0210. The molecule has 1 unspecified atom stereocenters. The van der Waals surface area contributed by atoms with Crippen LogP contribution in [0.4, 0.5) is 74.6 Å². The molecule has 0 aromatic rings. The van der Waals surface area contributed by atoms with Crippen molar-refractivity contribution in [3.8, 4) is 0 Å². The number of likely N-dealkylation sites (N-methyl/N-ethyl adjacent to an activating group) is 1. The summed E-state index contributed by atoms with van der Waals surface area (Å²) in [7, 11) is 0.471. The number of hydrogen-bond donors (Lipinski definition) is 0. The van der Waals surface area contributed by atoms with E-state index >= 15 is 0 Å². The summed E-state index contributed by atoms with van der Waals surface area (Å²) in [6, 6.07) is 0. The highest BCUT2D eigenvalue weighted by atomic mass is 31.2. The van der Waals surface area contributed by atoms with E-state index in [-0.39, 0.29) is 25.8 Å². The zero-order valence-corrected chi connectivity index (χ0v) is 34.5. The summed E-state index contributed by atoms with van der Waals surface area (Å²) in [6.45, 7) is 0.777. The highest BCUT2D eigenvalue weighted by Crippen LogP contribution is 2.64. The summed E-state index contributed by atoms with van der Waals surface area (Å²) in [5, 5.41) is 0. The van der Waals surface area contributed by atoms with E-state index in [4.69, 9.17) is 18.5 Å². The number of alkyl halides is 17. The molecule has 0 aliphatic heterocycles. The van der Waals surface area contributed by atoms with Gasteiger partial charge in [0.05, 0.1) is 34.4 Å². The van der Waals surface area contributed by atoms with E-state index in [1.165, 1.54) is 32.1 Å². The van der Waals surface area contributed by atoms with Crippen LogP contribution in [0.1, 0.15) is 96.8 Å². The molecule has 0 radical (unpaired) electrons. The van der Waals surface area contributed by atoms with Gasteiger partial charge < -0.3 is 27.9 Å².